The summed E-state index contributed by atoms with van der Waals surface area (Å²) in [6.45, 7) is 7.69. The van der Waals surface area contributed by atoms with Gasteiger partial charge < -0.3 is 4.90 Å². The van der Waals surface area contributed by atoms with Crippen molar-refractivity contribution in [3.05, 3.63) is 61.1 Å². The van der Waals surface area contributed by atoms with E-state index in [1.54, 1.807) is 6.07 Å². The first-order valence-corrected chi connectivity index (χ1v) is 8.55. The molecule has 0 aliphatic heterocycles. The molecule has 0 bridgehead atoms. The van der Waals surface area contributed by atoms with Gasteiger partial charge in [-0.1, -0.05) is 11.6 Å². The first-order valence-electron chi connectivity index (χ1n) is 8.18. The molecule has 0 radical (unpaired) electrons. The van der Waals surface area contributed by atoms with Gasteiger partial charge in [0.1, 0.15) is 0 Å². The van der Waals surface area contributed by atoms with E-state index in [2.05, 4.69) is 29.0 Å². The molecule has 27 heavy (non-hydrogen) atoms. The minimum Gasteiger partial charge on any atom is -0.372 e. The fraction of sp³-hybridized carbons (Fsp3) is 0.294. The van der Waals surface area contributed by atoms with Crippen LogP contribution in [0.4, 0.5) is 28.4 Å². The number of hydrogen-bond acceptors (Lipinski definition) is 7. The zero-order chi connectivity index (χ0) is 20.1. The molecule has 0 aliphatic rings. The molecule has 0 saturated heterocycles. The summed E-state index contributed by atoms with van der Waals surface area (Å²) >= 11 is 5.96. The molecule has 0 unspecified atom stereocenters. The number of nitro benzene ring substituents is 2. The lowest BCUT2D eigenvalue weighted by Gasteiger charge is -2.21. The third kappa shape index (κ3) is 4.56. The number of benzene rings is 2. The van der Waals surface area contributed by atoms with Gasteiger partial charge in [-0.25, -0.2) is 0 Å². The van der Waals surface area contributed by atoms with E-state index < -0.39 is 21.2 Å². The van der Waals surface area contributed by atoms with Gasteiger partial charge in [0.2, 0.25) is 0 Å². The van der Waals surface area contributed by atoms with Crippen molar-refractivity contribution in [1.29, 1.82) is 0 Å². The molecule has 2 aromatic carbocycles. The van der Waals surface area contributed by atoms with Crippen LogP contribution in [0.5, 0.6) is 0 Å². The summed E-state index contributed by atoms with van der Waals surface area (Å²) in [4.78, 5) is 22.7. The lowest BCUT2D eigenvalue weighted by molar-refractivity contribution is -0.393. The van der Waals surface area contributed by atoms with Crippen molar-refractivity contribution >= 4 is 40.0 Å². The molecule has 0 atom stereocenters. The fourth-order valence-electron chi connectivity index (χ4n) is 2.56. The maximum atomic E-state index is 11.2. The molecular formula is C17H18ClN5O4. The van der Waals surface area contributed by atoms with E-state index in [1.807, 2.05) is 19.1 Å². The van der Waals surface area contributed by atoms with Gasteiger partial charge in [0, 0.05) is 24.8 Å². The topological polar surface area (TPSA) is 114 Å². The minimum atomic E-state index is -0.774. The van der Waals surface area contributed by atoms with Crippen LogP contribution >= 0.6 is 11.6 Å². The number of non-ortho nitro benzene ring substituents is 1. The Labute approximate surface area is 160 Å². The number of halogens is 1. The molecule has 0 aromatic heterocycles. The Morgan fingerprint density at radius 2 is 1.70 bits per heavy atom. The van der Waals surface area contributed by atoms with Crippen molar-refractivity contribution in [2.45, 2.75) is 20.8 Å². The molecule has 0 heterocycles. The summed E-state index contributed by atoms with van der Waals surface area (Å²) in [5.41, 5.74) is 1.12. The van der Waals surface area contributed by atoms with Crippen molar-refractivity contribution in [2.24, 2.45) is 10.2 Å². The van der Waals surface area contributed by atoms with E-state index in [9.17, 15) is 20.2 Å². The number of aryl methyl sites for hydroxylation is 1. The average Bonchev–Trinajstić information content (AvgIpc) is 2.62. The first kappa shape index (κ1) is 20.2. The Hall–Kier alpha value is -3.07. The maximum Gasteiger partial charge on any atom is 0.305 e. The number of azo groups is 1. The highest BCUT2D eigenvalue weighted by molar-refractivity contribution is 6.33. The lowest BCUT2D eigenvalue weighted by Crippen LogP contribution is -2.21. The highest BCUT2D eigenvalue weighted by Gasteiger charge is 2.23. The Balaban J connectivity index is 2.43. The minimum absolute atomic E-state index is 0.211. The smallest absolute Gasteiger partial charge is 0.305 e. The first-order chi connectivity index (χ1) is 12.8. The highest BCUT2D eigenvalue weighted by atomic mass is 35.5. The summed E-state index contributed by atoms with van der Waals surface area (Å²) in [6, 6.07) is 7.43. The van der Waals surface area contributed by atoms with Crippen molar-refractivity contribution in [3.8, 4) is 0 Å². The number of hydrogen-bond donors (Lipinski definition) is 0. The number of rotatable bonds is 7. The van der Waals surface area contributed by atoms with Gasteiger partial charge in [-0.05, 0) is 44.5 Å². The summed E-state index contributed by atoms with van der Waals surface area (Å²) < 4.78 is 0. The van der Waals surface area contributed by atoms with Gasteiger partial charge >= 0.3 is 5.69 Å². The van der Waals surface area contributed by atoms with Gasteiger partial charge in [-0.15, -0.1) is 10.2 Å². The van der Waals surface area contributed by atoms with Gasteiger partial charge in [0.25, 0.3) is 5.69 Å². The molecule has 0 N–H and O–H groups in total. The normalized spacial score (nSPS) is 11.0. The summed E-state index contributed by atoms with van der Waals surface area (Å²) in [5.74, 6) is 0. The van der Waals surface area contributed by atoms with Crippen LogP contribution in [0.1, 0.15) is 19.4 Å². The zero-order valence-electron chi connectivity index (χ0n) is 15.0. The third-order valence-corrected chi connectivity index (χ3v) is 4.29. The Kier molecular flexibility index (Phi) is 6.40. The third-order valence-electron chi connectivity index (χ3n) is 4.00. The van der Waals surface area contributed by atoms with E-state index in [0.29, 0.717) is 5.69 Å². The SMILES string of the molecule is CCN(CC)c1ccc(N=Nc2c(Cl)cc([N+](=O)[O-])cc2[N+](=O)[O-])c(C)c1. The van der Waals surface area contributed by atoms with Crippen molar-refractivity contribution < 1.29 is 9.85 Å². The monoisotopic (exact) mass is 391 g/mol. The molecule has 142 valence electrons. The molecule has 0 spiro atoms. The molecule has 2 rings (SSSR count). The largest absolute Gasteiger partial charge is 0.372 e. The molecule has 2 aromatic rings. The van der Waals surface area contributed by atoms with Crippen LogP contribution in [0.25, 0.3) is 0 Å². The Morgan fingerprint density at radius 3 is 2.22 bits per heavy atom. The van der Waals surface area contributed by atoms with Gasteiger partial charge in [0.15, 0.2) is 5.69 Å². The lowest BCUT2D eigenvalue weighted by atomic mass is 10.1. The summed E-state index contributed by atoms with van der Waals surface area (Å²) in [5, 5.41) is 29.8. The second-order valence-corrected chi connectivity index (χ2v) is 6.06. The predicted molar refractivity (Wildman–Crippen MR) is 104 cm³/mol. The van der Waals surface area contributed by atoms with Gasteiger partial charge in [0.05, 0.1) is 26.6 Å². The van der Waals surface area contributed by atoms with Crippen LogP contribution in [0.2, 0.25) is 5.02 Å². The van der Waals surface area contributed by atoms with Crippen molar-refractivity contribution in [2.75, 3.05) is 18.0 Å². The van der Waals surface area contributed by atoms with Crippen LogP contribution in [0.15, 0.2) is 40.6 Å². The Bertz CT molecular complexity index is 912. The van der Waals surface area contributed by atoms with Crippen molar-refractivity contribution in [3.63, 3.8) is 0 Å². The number of nitro groups is 2. The number of anilines is 1. The fourth-order valence-corrected chi connectivity index (χ4v) is 2.80. The van der Waals surface area contributed by atoms with Crippen LogP contribution in [0.3, 0.4) is 0 Å². The van der Waals surface area contributed by atoms with Crippen LogP contribution in [-0.2, 0) is 0 Å². The molecule has 10 heteroatoms. The Morgan fingerprint density at radius 1 is 1.04 bits per heavy atom. The number of nitrogens with zero attached hydrogens (tertiary/aromatic N) is 5. The molecular weight excluding hydrogens is 374 g/mol. The second kappa shape index (κ2) is 8.54. The highest BCUT2D eigenvalue weighted by Crippen LogP contribution is 2.40. The zero-order valence-corrected chi connectivity index (χ0v) is 15.8. The average molecular weight is 392 g/mol. The van der Waals surface area contributed by atoms with E-state index in [4.69, 9.17) is 11.6 Å². The van der Waals surface area contributed by atoms with Crippen molar-refractivity contribution in [1.82, 2.24) is 0 Å². The molecule has 0 aliphatic carbocycles. The molecule has 9 nitrogen and oxygen atoms in total. The molecule has 0 fully saturated rings. The molecule has 0 saturated carbocycles. The van der Waals surface area contributed by atoms with Gasteiger partial charge in [-0.2, -0.15) is 0 Å². The second-order valence-electron chi connectivity index (χ2n) is 5.65. The van der Waals surface area contributed by atoms with E-state index in [1.165, 1.54) is 0 Å². The predicted octanol–water partition coefficient (Wildman–Crippen LogP) is 5.73. The van der Waals surface area contributed by atoms with E-state index in [-0.39, 0.29) is 10.7 Å². The van der Waals surface area contributed by atoms with E-state index >= 15 is 0 Å². The summed E-state index contributed by atoms with van der Waals surface area (Å²) in [6.07, 6.45) is 0. The quantitative estimate of drug-likeness (QED) is 0.339. The van der Waals surface area contributed by atoms with E-state index in [0.717, 1.165) is 36.5 Å². The van der Waals surface area contributed by atoms with Crippen LogP contribution < -0.4 is 4.90 Å². The van der Waals surface area contributed by atoms with Crippen LogP contribution in [-0.4, -0.2) is 22.9 Å². The molecule has 0 amide bonds. The summed E-state index contributed by atoms with van der Waals surface area (Å²) in [7, 11) is 0. The maximum absolute atomic E-state index is 11.2. The van der Waals surface area contributed by atoms with Crippen LogP contribution in [0, 0.1) is 27.2 Å². The van der Waals surface area contributed by atoms with Gasteiger partial charge in [-0.3, -0.25) is 20.2 Å². The standard InChI is InChI=1S/C17H18ClN5O4/c1-4-21(5-2)12-6-7-15(11(3)8-12)19-20-17-14(18)9-13(22(24)25)10-16(17)23(26)27/h6-10H,4-5H2,1-3H3.